The zero-order valence-corrected chi connectivity index (χ0v) is 17.7. The highest BCUT2D eigenvalue weighted by molar-refractivity contribution is 5.31. The Kier molecular flexibility index (Phi) is 6.95. The van der Waals surface area contributed by atoms with Crippen molar-refractivity contribution >= 4 is 0 Å². The molecular weight excluding hydrogens is 348 g/mol. The van der Waals surface area contributed by atoms with Gasteiger partial charge in [-0.3, -0.25) is 0 Å². The van der Waals surface area contributed by atoms with Crippen LogP contribution in [0, 0.1) is 11.8 Å². The van der Waals surface area contributed by atoms with E-state index in [-0.39, 0.29) is 5.79 Å². The van der Waals surface area contributed by atoms with Gasteiger partial charge in [-0.1, -0.05) is 57.6 Å². The normalized spacial score (nSPS) is 29.8. The summed E-state index contributed by atoms with van der Waals surface area (Å²) in [6.07, 6.45) is 14.3. The molecular formula is C25H38O3. The molecule has 2 saturated carbocycles. The van der Waals surface area contributed by atoms with Gasteiger partial charge in [0, 0.05) is 12.3 Å². The topological polar surface area (TPSA) is 27.7 Å². The summed E-state index contributed by atoms with van der Waals surface area (Å²) in [5, 5.41) is 0. The highest BCUT2D eigenvalue weighted by Crippen LogP contribution is 2.46. The number of rotatable bonds is 7. The van der Waals surface area contributed by atoms with Crippen molar-refractivity contribution in [3.63, 3.8) is 0 Å². The predicted molar refractivity (Wildman–Crippen MR) is 113 cm³/mol. The van der Waals surface area contributed by atoms with Gasteiger partial charge in [0.15, 0.2) is 5.79 Å². The van der Waals surface area contributed by atoms with Crippen LogP contribution in [-0.4, -0.2) is 25.6 Å². The third-order valence-electron chi connectivity index (χ3n) is 7.28. The fourth-order valence-electron chi connectivity index (χ4n) is 5.54. The van der Waals surface area contributed by atoms with Crippen molar-refractivity contribution in [3.8, 4) is 5.75 Å². The van der Waals surface area contributed by atoms with Gasteiger partial charge >= 0.3 is 0 Å². The smallest absolute Gasteiger partial charge is 0.175 e. The first-order chi connectivity index (χ1) is 13.8. The molecule has 0 amide bonds. The fourth-order valence-corrected chi connectivity index (χ4v) is 5.54. The van der Waals surface area contributed by atoms with Crippen molar-refractivity contribution < 1.29 is 14.2 Å². The van der Waals surface area contributed by atoms with Crippen LogP contribution in [0.2, 0.25) is 0 Å². The lowest BCUT2D eigenvalue weighted by molar-refractivity contribution is -0.191. The van der Waals surface area contributed by atoms with E-state index in [0.717, 1.165) is 50.2 Å². The molecule has 1 aromatic carbocycles. The van der Waals surface area contributed by atoms with E-state index in [4.69, 9.17) is 14.2 Å². The number of benzene rings is 1. The van der Waals surface area contributed by atoms with Gasteiger partial charge in [-0.2, -0.15) is 0 Å². The van der Waals surface area contributed by atoms with Gasteiger partial charge in [-0.15, -0.1) is 0 Å². The number of ether oxygens (including phenoxy) is 3. The molecule has 3 heteroatoms. The van der Waals surface area contributed by atoms with Crippen molar-refractivity contribution in [2.75, 3.05) is 19.8 Å². The lowest BCUT2D eigenvalue weighted by Gasteiger charge is -2.39. The molecule has 0 bridgehead atoms. The van der Waals surface area contributed by atoms with Crippen LogP contribution < -0.4 is 4.74 Å². The molecule has 3 aliphatic rings. The molecule has 0 N–H and O–H groups in total. The predicted octanol–water partition coefficient (Wildman–Crippen LogP) is 6.46. The van der Waals surface area contributed by atoms with Gasteiger partial charge in [0.2, 0.25) is 0 Å². The average molecular weight is 387 g/mol. The maximum Gasteiger partial charge on any atom is 0.175 e. The molecule has 3 nitrogen and oxygen atoms in total. The van der Waals surface area contributed by atoms with Gasteiger partial charge in [-0.05, 0) is 55.2 Å². The average Bonchev–Trinajstić information content (AvgIpc) is 3.21. The summed E-state index contributed by atoms with van der Waals surface area (Å²) in [6.45, 7) is 4.64. The van der Waals surface area contributed by atoms with Crippen LogP contribution in [0.4, 0.5) is 0 Å². The number of hydrogen-bond acceptors (Lipinski definition) is 3. The Labute approximate surface area is 171 Å². The molecule has 28 heavy (non-hydrogen) atoms. The third kappa shape index (κ3) is 4.74. The zero-order chi connectivity index (χ0) is 19.2. The Bertz CT molecular complexity index is 582. The molecule has 4 rings (SSSR count). The van der Waals surface area contributed by atoms with E-state index in [2.05, 4.69) is 31.2 Å². The number of hydrogen-bond donors (Lipinski definition) is 0. The van der Waals surface area contributed by atoms with Gasteiger partial charge < -0.3 is 14.2 Å². The first kappa shape index (κ1) is 20.2. The summed E-state index contributed by atoms with van der Waals surface area (Å²) in [7, 11) is 0. The first-order valence-electron chi connectivity index (χ1n) is 11.8. The molecule has 1 heterocycles. The maximum absolute atomic E-state index is 6.16. The largest absolute Gasteiger partial charge is 0.493 e. The summed E-state index contributed by atoms with van der Waals surface area (Å²) in [5.74, 6) is 2.71. The summed E-state index contributed by atoms with van der Waals surface area (Å²) < 4.78 is 18.3. The van der Waals surface area contributed by atoms with Gasteiger partial charge in [0.1, 0.15) is 5.75 Å². The molecule has 0 aromatic heterocycles. The Hall–Kier alpha value is -1.06. The Morgan fingerprint density at radius 3 is 2.36 bits per heavy atom. The van der Waals surface area contributed by atoms with E-state index in [1.54, 1.807) is 0 Å². The van der Waals surface area contributed by atoms with E-state index < -0.39 is 0 Å². The van der Waals surface area contributed by atoms with Gasteiger partial charge in [0.25, 0.3) is 0 Å². The van der Waals surface area contributed by atoms with E-state index in [1.165, 1.54) is 63.4 Å². The molecule has 2 aliphatic carbocycles. The first-order valence-corrected chi connectivity index (χ1v) is 11.8. The standard InChI is InChI=1S/C25H38O3/c1-2-3-6-20-8-10-21(11-9-20)19-26-23-14-12-22(13-15-23)24-7-4-5-16-25(24)27-17-18-28-25/h12-15,20-21,24H,2-11,16-19H2,1H3. The quantitative estimate of drug-likeness (QED) is 0.538. The Morgan fingerprint density at radius 2 is 1.64 bits per heavy atom. The highest BCUT2D eigenvalue weighted by Gasteiger charge is 2.46. The highest BCUT2D eigenvalue weighted by atomic mass is 16.7. The van der Waals surface area contributed by atoms with Crippen LogP contribution in [-0.2, 0) is 9.47 Å². The fraction of sp³-hybridized carbons (Fsp3) is 0.760. The second kappa shape index (κ2) is 9.63. The van der Waals surface area contributed by atoms with E-state index in [0.29, 0.717) is 5.92 Å². The molecule has 1 aromatic rings. The lowest BCUT2D eigenvalue weighted by atomic mass is 9.79. The summed E-state index contributed by atoms with van der Waals surface area (Å²) in [6, 6.07) is 8.78. The Balaban J connectivity index is 1.27. The summed E-state index contributed by atoms with van der Waals surface area (Å²) in [5.41, 5.74) is 1.34. The SMILES string of the molecule is CCCCC1CCC(COc2ccc(C3CCCCC34OCCO4)cc2)CC1. The van der Waals surface area contributed by atoms with E-state index >= 15 is 0 Å². The molecule has 1 spiro atoms. The second-order valence-electron chi connectivity index (χ2n) is 9.22. The van der Waals surface area contributed by atoms with Crippen molar-refractivity contribution in [3.05, 3.63) is 29.8 Å². The Morgan fingerprint density at radius 1 is 0.929 bits per heavy atom. The second-order valence-corrected chi connectivity index (χ2v) is 9.22. The molecule has 1 aliphatic heterocycles. The molecule has 156 valence electrons. The molecule has 1 atom stereocenters. The minimum Gasteiger partial charge on any atom is -0.493 e. The molecule has 0 radical (unpaired) electrons. The van der Waals surface area contributed by atoms with E-state index in [1.807, 2.05) is 0 Å². The van der Waals surface area contributed by atoms with Crippen LogP contribution in [0.25, 0.3) is 0 Å². The van der Waals surface area contributed by atoms with Crippen LogP contribution in [0.15, 0.2) is 24.3 Å². The van der Waals surface area contributed by atoms with Crippen molar-refractivity contribution in [1.29, 1.82) is 0 Å². The van der Waals surface area contributed by atoms with Gasteiger partial charge in [0.05, 0.1) is 19.8 Å². The summed E-state index contributed by atoms with van der Waals surface area (Å²) >= 11 is 0. The van der Waals surface area contributed by atoms with Crippen LogP contribution in [0.5, 0.6) is 5.75 Å². The minimum atomic E-state index is -0.364. The van der Waals surface area contributed by atoms with Crippen LogP contribution >= 0.6 is 0 Å². The molecule has 3 fully saturated rings. The number of unbranched alkanes of at least 4 members (excludes halogenated alkanes) is 1. The van der Waals surface area contributed by atoms with Crippen LogP contribution in [0.3, 0.4) is 0 Å². The van der Waals surface area contributed by atoms with E-state index in [9.17, 15) is 0 Å². The monoisotopic (exact) mass is 386 g/mol. The zero-order valence-electron chi connectivity index (χ0n) is 17.7. The van der Waals surface area contributed by atoms with Crippen molar-refractivity contribution in [1.82, 2.24) is 0 Å². The van der Waals surface area contributed by atoms with Gasteiger partial charge in [-0.25, -0.2) is 0 Å². The summed E-state index contributed by atoms with van der Waals surface area (Å²) in [4.78, 5) is 0. The maximum atomic E-state index is 6.16. The molecule has 1 unspecified atom stereocenters. The third-order valence-corrected chi connectivity index (χ3v) is 7.28. The lowest BCUT2D eigenvalue weighted by Crippen LogP contribution is -2.40. The minimum absolute atomic E-state index is 0.358. The van der Waals surface area contributed by atoms with Crippen molar-refractivity contribution in [2.45, 2.75) is 89.3 Å². The molecule has 1 saturated heterocycles. The van der Waals surface area contributed by atoms with Crippen LogP contribution in [0.1, 0.15) is 89.0 Å². The van der Waals surface area contributed by atoms with Crippen molar-refractivity contribution in [2.24, 2.45) is 11.8 Å².